The molecular formula is C17H19N3O. The molecule has 1 aliphatic rings. The van der Waals surface area contributed by atoms with Crippen molar-refractivity contribution in [3.63, 3.8) is 0 Å². The van der Waals surface area contributed by atoms with Gasteiger partial charge in [-0.2, -0.15) is 5.11 Å². The van der Waals surface area contributed by atoms with Crippen molar-refractivity contribution in [3.8, 4) is 0 Å². The minimum Gasteiger partial charge on any atom is -0.364 e. The summed E-state index contributed by atoms with van der Waals surface area (Å²) in [5.74, 6) is 0. The van der Waals surface area contributed by atoms with Crippen molar-refractivity contribution in [2.45, 2.75) is 31.7 Å². The van der Waals surface area contributed by atoms with E-state index in [2.05, 4.69) is 10.3 Å². The predicted octanol–water partition coefficient (Wildman–Crippen LogP) is 3.49. The van der Waals surface area contributed by atoms with E-state index in [1.807, 2.05) is 74.5 Å². The quantitative estimate of drug-likeness (QED) is 0.936. The van der Waals surface area contributed by atoms with Crippen LogP contribution in [0.4, 0.5) is 0 Å². The average molecular weight is 281 g/mol. The van der Waals surface area contributed by atoms with Gasteiger partial charge in [0.1, 0.15) is 5.54 Å². The lowest BCUT2D eigenvalue weighted by molar-refractivity contribution is -0.138. The molecule has 2 aromatic rings. The van der Waals surface area contributed by atoms with E-state index in [-0.39, 0.29) is 0 Å². The second-order valence-corrected chi connectivity index (χ2v) is 5.83. The Labute approximate surface area is 124 Å². The van der Waals surface area contributed by atoms with Crippen molar-refractivity contribution in [2.75, 3.05) is 0 Å². The Morgan fingerprint density at radius 1 is 0.952 bits per heavy atom. The maximum Gasteiger partial charge on any atom is 0.208 e. The number of benzene rings is 2. The second kappa shape index (κ2) is 4.97. The zero-order valence-corrected chi connectivity index (χ0v) is 12.3. The number of hydrogen-bond acceptors (Lipinski definition) is 4. The molecule has 0 spiro atoms. The first-order valence-electron chi connectivity index (χ1n) is 7.06. The highest BCUT2D eigenvalue weighted by molar-refractivity contribution is 5.27. The first-order chi connectivity index (χ1) is 10.0. The van der Waals surface area contributed by atoms with Crippen molar-refractivity contribution in [1.29, 1.82) is 0 Å². The molecule has 0 fully saturated rings. The number of rotatable bonds is 3. The zero-order chi connectivity index (χ0) is 14.9. The molecule has 0 saturated carbocycles. The molecule has 4 heteroatoms. The normalized spacial score (nSPS) is 23.5. The lowest BCUT2D eigenvalue weighted by Crippen LogP contribution is -2.52. The molecule has 0 amide bonds. The third-order valence-corrected chi connectivity index (χ3v) is 3.98. The van der Waals surface area contributed by atoms with Crippen LogP contribution in [0.3, 0.4) is 0 Å². The summed E-state index contributed by atoms with van der Waals surface area (Å²) in [6.07, 6.45) is 0. The molecule has 0 aromatic heterocycles. The van der Waals surface area contributed by atoms with Crippen molar-refractivity contribution in [2.24, 2.45) is 10.3 Å². The van der Waals surface area contributed by atoms with Gasteiger partial charge in [-0.15, -0.1) is 0 Å². The summed E-state index contributed by atoms with van der Waals surface area (Å²) in [5.41, 5.74) is -0.0628. The van der Waals surface area contributed by atoms with Gasteiger partial charge in [-0.25, -0.2) is 5.01 Å². The second-order valence-electron chi connectivity index (χ2n) is 5.83. The van der Waals surface area contributed by atoms with E-state index < -0.39 is 11.3 Å². The highest BCUT2D eigenvalue weighted by Gasteiger charge is 2.54. The summed E-state index contributed by atoms with van der Waals surface area (Å²) >= 11 is 0. The number of hydrogen-bond donors (Lipinski definition) is 1. The maximum absolute atomic E-state index is 11.3. The molecule has 4 nitrogen and oxygen atoms in total. The summed E-state index contributed by atoms with van der Waals surface area (Å²) in [7, 11) is 0. The van der Waals surface area contributed by atoms with Crippen LogP contribution < -0.4 is 0 Å². The molecule has 1 atom stereocenters. The van der Waals surface area contributed by atoms with E-state index in [4.69, 9.17) is 0 Å². The molecule has 0 saturated heterocycles. The van der Waals surface area contributed by atoms with Crippen molar-refractivity contribution >= 4 is 0 Å². The van der Waals surface area contributed by atoms with Crippen LogP contribution in [0.15, 0.2) is 71.0 Å². The Morgan fingerprint density at radius 2 is 1.52 bits per heavy atom. The lowest BCUT2D eigenvalue weighted by Gasteiger charge is -2.39. The maximum atomic E-state index is 11.3. The van der Waals surface area contributed by atoms with Crippen LogP contribution in [0.2, 0.25) is 0 Å². The summed E-state index contributed by atoms with van der Waals surface area (Å²) in [6, 6.07) is 19.6. The number of aliphatic hydroxyl groups is 1. The van der Waals surface area contributed by atoms with E-state index in [0.29, 0.717) is 6.54 Å². The van der Waals surface area contributed by atoms with Gasteiger partial charge in [0.2, 0.25) is 5.72 Å². The van der Waals surface area contributed by atoms with Gasteiger partial charge >= 0.3 is 0 Å². The van der Waals surface area contributed by atoms with E-state index in [1.54, 1.807) is 5.01 Å². The Balaban J connectivity index is 1.99. The molecule has 1 N–H and O–H groups in total. The fourth-order valence-electron chi connectivity index (χ4n) is 2.69. The van der Waals surface area contributed by atoms with Gasteiger partial charge in [0, 0.05) is 5.56 Å². The van der Waals surface area contributed by atoms with Crippen LogP contribution in [0.5, 0.6) is 0 Å². The highest BCUT2D eigenvalue weighted by Crippen LogP contribution is 2.44. The van der Waals surface area contributed by atoms with E-state index in [9.17, 15) is 5.11 Å². The van der Waals surface area contributed by atoms with Crippen LogP contribution in [-0.2, 0) is 12.3 Å². The van der Waals surface area contributed by atoms with Crippen molar-refractivity contribution < 1.29 is 5.11 Å². The molecule has 0 unspecified atom stereocenters. The summed E-state index contributed by atoms with van der Waals surface area (Å²) < 4.78 is 0. The molecule has 1 aliphatic heterocycles. The highest BCUT2D eigenvalue weighted by atomic mass is 16.3. The SMILES string of the molecule is CC1(C)N=NN(Cc2ccccc2)[C@]1(O)c1ccccc1. The van der Waals surface area contributed by atoms with Gasteiger partial charge < -0.3 is 5.11 Å². The molecule has 21 heavy (non-hydrogen) atoms. The van der Waals surface area contributed by atoms with E-state index in [0.717, 1.165) is 11.1 Å². The standard InChI is InChI=1S/C17H19N3O/c1-16(2)17(21,15-11-7-4-8-12-15)20(19-18-16)13-14-9-5-3-6-10-14/h3-12,21H,13H2,1-2H3/t17-/m0/s1. The Hall–Kier alpha value is -2.20. The van der Waals surface area contributed by atoms with Gasteiger partial charge in [-0.05, 0) is 19.4 Å². The first-order valence-corrected chi connectivity index (χ1v) is 7.06. The van der Waals surface area contributed by atoms with E-state index >= 15 is 0 Å². The molecule has 0 aliphatic carbocycles. The molecular weight excluding hydrogens is 262 g/mol. The molecule has 108 valence electrons. The third-order valence-electron chi connectivity index (χ3n) is 3.98. The van der Waals surface area contributed by atoms with Gasteiger partial charge in [0.15, 0.2) is 0 Å². The number of nitrogens with zero attached hydrogens (tertiary/aromatic N) is 3. The van der Waals surface area contributed by atoms with Gasteiger partial charge in [-0.3, -0.25) is 0 Å². The average Bonchev–Trinajstić information content (AvgIpc) is 2.74. The molecule has 0 radical (unpaired) electrons. The minimum absolute atomic E-state index is 0.513. The Bertz CT molecular complexity index is 640. The van der Waals surface area contributed by atoms with Crippen LogP contribution in [0.1, 0.15) is 25.0 Å². The van der Waals surface area contributed by atoms with Gasteiger partial charge in [0.05, 0.1) is 6.54 Å². The molecule has 0 bridgehead atoms. The van der Waals surface area contributed by atoms with Crippen LogP contribution >= 0.6 is 0 Å². The third kappa shape index (κ3) is 2.21. The summed E-state index contributed by atoms with van der Waals surface area (Å²) in [6.45, 7) is 4.31. The van der Waals surface area contributed by atoms with Crippen molar-refractivity contribution in [3.05, 3.63) is 71.8 Å². The van der Waals surface area contributed by atoms with E-state index in [1.165, 1.54) is 0 Å². The molecule has 1 heterocycles. The van der Waals surface area contributed by atoms with Crippen LogP contribution in [-0.4, -0.2) is 15.7 Å². The molecule has 3 rings (SSSR count). The topological polar surface area (TPSA) is 48.2 Å². The smallest absolute Gasteiger partial charge is 0.208 e. The summed E-state index contributed by atoms with van der Waals surface area (Å²) in [5, 5.41) is 21.5. The summed E-state index contributed by atoms with van der Waals surface area (Å²) in [4.78, 5) is 0. The van der Waals surface area contributed by atoms with Crippen LogP contribution in [0.25, 0.3) is 0 Å². The van der Waals surface area contributed by atoms with Crippen molar-refractivity contribution in [1.82, 2.24) is 5.01 Å². The lowest BCUT2D eigenvalue weighted by atomic mass is 9.85. The first kappa shape index (κ1) is 13.8. The minimum atomic E-state index is -1.25. The Morgan fingerprint density at radius 3 is 2.14 bits per heavy atom. The van der Waals surface area contributed by atoms with Gasteiger partial charge in [-0.1, -0.05) is 65.9 Å². The Kier molecular flexibility index (Phi) is 3.26. The monoisotopic (exact) mass is 281 g/mol. The fourth-order valence-corrected chi connectivity index (χ4v) is 2.69. The molecule has 2 aromatic carbocycles. The predicted molar refractivity (Wildman–Crippen MR) is 81.3 cm³/mol. The van der Waals surface area contributed by atoms with Crippen LogP contribution in [0, 0.1) is 0 Å². The fraction of sp³-hybridized carbons (Fsp3) is 0.294. The largest absolute Gasteiger partial charge is 0.364 e. The van der Waals surface area contributed by atoms with Gasteiger partial charge in [0.25, 0.3) is 0 Å². The zero-order valence-electron chi connectivity index (χ0n) is 12.3.